The Labute approximate surface area is 173 Å². The average Bonchev–Trinajstić information content (AvgIpc) is 3.22. The number of carbonyl (C=O) groups excluding carboxylic acids is 1. The SMILES string of the molecule is CCN(CC)C(CNC(=O)CCCOc1ccc(S(C)(=O)=O)cc1)c1ccco1. The van der Waals surface area contributed by atoms with Crippen LogP contribution in [0.25, 0.3) is 0 Å². The highest BCUT2D eigenvalue weighted by Gasteiger charge is 2.21. The standard InChI is InChI=1S/C21H30N2O5S/c1-4-23(5-2)19(20-8-6-15-28-20)16-22-21(24)9-7-14-27-17-10-12-18(13-11-17)29(3,25)26/h6,8,10-13,15,19H,4-5,7,9,14,16H2,1-3H3,(H,22,24). The van der Waals surface area contributed by atoms with Crippen molar-refractivity contribution in [1.29, 1.82) is 0 Å². The highest BCUT2D eigenvalue weighted by molar-refractivity contribution is 7.90. The predicted octanol–water partition coefficient (Wildman–Crippen LogP) is 3.04. The Hall–Kier alpha value is -2.32. The molecular weight excluding hydrogens is 392 g/mol. The fraction of sp³-hybridized carbons (Fsp3) is 0.476. The van der Waals surface area contributed by atoms with Gasteiger partial charge in [0, 0.05) is 19.2 Å². The summed E-state index contributed by atoms with van der Waals surface area (Å²) in [4.78, 5) is 14.7. The van der Waals surface area contributed by atoms with Crippen molar-refractivity contribution in [3.05, 3.63) is 48.4 Å². The first kappa shape index (κ1) is 23.0. The lowest BCUT2D eigenvalue weighted by molar-refractivity contribution is -0.121. The van der Waals surface area contributed by atoms with Crippen LogP contribution in [0.1, 0.15) is 38.5 Å². The number of benzene rings is 1. The molecule has 1 N–H and O–H groups in total. The van der Waals surface area contributed by atoms with E-state index < -0.39 is 9.84 Å². The summed E-state index contributed by atoms with van der Waals surface area (Å²) in [6.07, 6.45) is 3.73. The zero-order valence-electron chi connectivity index (χ0n) is 17.3. The summed E-state index contributed by atoms with van der Waals surface area (Å²) >= 11 is 0. The molecule has 0 spiro atoms. The minimum absolute atomic E-state index is 0.00793. The Morgan fingerprint density at radius 1 is 1.17 bits per heavy atom. The van der Waals surface area contributed by atoms with E-state index in [1.807, 2.05) is 12.1 Å². The molecule has 0 aliphatic carbocycles. The molecule has 1 aromatic heterocycles. The Bertz CT molecular complexity index is 844. The second-order valence-corrected chi connectivity index (χ2v) is 8.77. The molecule has 0 fully saturated rings. The summed E-state index contributed by atoms with van der Waals surface area (Å²) in [5.74, 6) is 1.39. The number of rotatable bonds is 12. The lowest BCUT2D eigenvalue weighted by Crippen LogP contribution is -2.37. The fourth-order valence-corrected chi connectivity index (χ4v) is 3.69. The molecule has 1 heterocycles. The smallest absolute Gasteiger partial charge is 0.220 e. The summed E-state index contributed by atoms with van der Waals surface area (Å²) in [5, 5.41) is 2.98. The molecule has 29 heavy (non-hydrogen) atoms. The van der Waals surface area contributed by atoms with Crippen LogP contribution in [0.4, 0.5) is 0 Å². The van der Waals surface area contributed by atoms with Crippen LogP contribution < -0.4 is 10.1 Å². The second kappa shape index (κ2) is 11.0. The number of nitrogens with zero attached hydrogens (tertiary/aromatic N) is 1. The van der Waals surface area contributed by atoms with Crippen molar-refractivity contribution in [2.75, 3.05) is 32.5 Å². The van der Waals surface area contributed by atoms with Gasteiger partial charge in [0.2, 0.25) is 5.91 Å². The molecular formula is C21H30N2O5S. The fourth-order valence-electron chi connectivity index (χ4n) is 3.06. The molecule has 1 atom stereocenters. The van der Waals surface area contributed by atoms with E-state index in [1.54, 1.807) is 18.4 Å². The second-order valence-electron chi connectivity index (χ2n) is 6.75. The Balaban J connectivity index is 1.75. The van der Waals surface area contributed by atoms with Crippen LogP contribution >= 0.6 is 0 Å². The van der Waals surface area contributed by atoms with E-state index >= 15 is 0 Å². The third-order valence-electron chi connectivity index (χ3n) is 4.69. The van der Waals surface area contributed by atoms with Gasteiger partial charge in [0.05, 0.1) is 23.8 Å². The molecule has 2 rings (SSSR count). The first-order chi connectivity index (χ1) is 13.8. The van der Waals surface area contributed by atoms with Crippen molar-refractivity contribution < 1.29 is 22.4 Å². The summed E-state index contributed by atoms with van der Waals surface area (Å²) in [7, 11) is -3.21. The molecule has 0 saturated heterocycles. The van der Waals surface area contributed by atoms with Gasteiger partial charge in [-0.2, -0.15) is 0 Å². The highest BCUT2D eigenvalue weighted by atomic mass is 32.2. The van der Waals surface area contributed by atoms with Gasteiger partial charge in [-0.1, -0.05) is 13.8 Å². The third-order valence-corrected chi connectivity index (χ3v) is 5.81. The lowest BCUT2D eigenvalue weighted by Gasteiger charge is -2.28. The number of likely N-dealkylation sites (N-methyl/N-ethyl adjacent to an activating group) is 1. The molecule has 160 valence electrons. The van der Waals surface area contributed by atoms with Crippen LogP contribution in [0, 0.1) is 0 Å². The molecule has 0 aliphatic rings. The zero-order chi connectivity index (χ0) is 21.3. The van der Waals surface area contributed by atoms with Crippen LogP contribution in [-0.2, 0) is 14.6 Å². The van der Waals surface area contributed by atoms with Gasteiger partial charge in [0.1, 0.15) is 11.5 Å². The van der Waals surface area contributed by atoms with E-state index in [0.717, 1.165) is 25.1 Å². The Kier molecular flexibility index (Phi) is 8.72. The van der Waals surface area contributed by atoms with Gasteiger partial charge in [0.25, 0.3) is 0 Å². The minimum atomic E-state index is -3.21. The number of ether oxygens (including phenoxy) is 1. The topological polar surface area (TPSA) is 88.9 Å². The summed E-state index contributed by atoms with van der Waals surface area (Å²) < 4.78 is 34.0. The molecule has 1 unspecified atom stereocenters. The van der Waals surface area contributed by atoms with Crippen LogP contribution in [-0.4, -0.2) is 51.7 Å². The van der Waals surface area contributed by atoms with Crippen molar-refractivity contribution >= 4 is 15.7 Å². The summed E-state index contributed by atoms with van der Waals surface area (Å²) in [6, 6.07) is 10.1. The maximum Gasteiger partial charge on any atom is 0.220 e. The summed E-state index contributed by atoms with van der Waals surface area (Å²) in [5.41, 5.74) is 0. The zero-order valence-corrected chi connectivity index (χ0v) is 18.1. The molecule has 0 aliphatic heterocycles. The number of hydrogen-bond donors (Lipinski definition) is 1. The quantitative estimate of drug-likeness (QED) is 0.529. The maximum atomic E-state index is 12.2. The van der Waals surface area contributed by atoms with E-state index in [9.17, 15) is 13.2 Å². The average molecular weight is 423 g/mol. The molecule has 0 bridgehead atoms. The third kappa shape index (κ3) is 7.21. The molecule has 0 radical (unpaired) electrons. The number of carbonyl (C=O) groups is 1. The predicted molar refractivity (Wildman–Crippen MR) is 112 cm³/mol. The van der Waals surface area contributed by atoms with Gasteiger partial charge in [-0.3, -0.25) is 9.69 Å². The van der Waals surface area contributed by atoms with Crippen LogP contribution in [0.3, 0.4) is 0 Å². The number of sulfone groups is 1. The van der Waals surface area contributed by atoms with Gasteiger partial charge in [-0.25, -0.2) is 8.42 Å². The van der Waals surface area contributed by atoms with E-state index in [1.165, 1.54) is 12.1 Å². The van der Waals surface area contributed by atoms with Crippen molar-refractivity contribution in [3.8, 4) is 5.75 Å². The number of nitrogens with one attached hydrogen (secondary N) is 1. The monoisotopic (exact) mass is 422 g/mol. The molecule has 1 aromatic carbocycles. The molecule has 8 heteroatoms. The highest BCUT2D eigenvalue weighted by Crippen LogP contribution is 2.20. The first-order valence-corrected chi connectivity index (χ1v) is 11.7. The molecule has 0 saturated carbocycles. The summed E-state index contributed by atoms with van der Waals surface area (Å²) in [6.45, 7) is 6.76. The van der Waals surface area contributed by atoms with E-state index in [-0.39, 0.29) is 16.8 Å². The maximum absolute atomic E-state index is 12.2. The van der Waals surface area contributed by atoms with Crippen LogP contribution in [0.2, 0.25) is 0 Å². The largest absolute Gasteiger partial charge is 0.494 e. The molecule has 2 aromatic rings. The first-order valence-electron chi connectivity index (χ1n) is 9.82. The van der Waals surface area contributed by atoms with Crippen molar-refractivity contribution in [2.24, 2.45) is 0 Å². The lowest BCUT2D eigenvalue weighted by atomic mass is 10.1. The van der Waals surface area contributed by atoms with Gasteiger partial charge < -0.3 is 14.5 Å². The number of furan rings is 1. The van der Waals surface area contributed by atoms with Crippen LogP contribution in [0.5, 0.6) is 5.75 Å². The minimum Gasteiger partial charge on any atom is -0.494 e. The van der Waals surface area contributed by atoms with E-state index in [4.69, 9.17) is 9.15 Å². The van der Waals surface area contributed by atoms with Gasteiger partial charge in [-0.05, 0) is 55.9 Å². The van der Waals surface area contributed by atoms with E-state index in [0.29, 0.717) is 31.7 Å². The number of amides is 1. The molecule has 1 amide bonds. The van der Waals surface area contributed by atoms with E-state index in [2.05, 4.69) is 24.1 Å². The van der Waals surface area contributed by atoms with Crippen molar-refractivity contribution in [1.82, 2.24) is 10.2 Å². The molecule has 7 nitrogen and oxygen atoms in total. The van der Waals surface area contributed by atoms with Gasteiger partial charge in [-0.15, -0.1) is 0 Å². The Morgan fingerprint density at radius 3 is 2.41 bits per heavy atom. The Morgan fingerprint density at radius 2 is 1.86 bits per heavy atom. The van der Waals surface area contributed by atoms with Crippen molar-refractivity contribution in [2.45, 2.75) is 37.6 Å². The number of hydrogen-bond acceptors (Lipinski definition) is 6. The normalized spacial score (nSPS) is 12.7. The van der Waals surface area contributed by atoms with Crippen LogP contribution in [0.15, 0.2) is 52.0 Å². The van der Waals surface area contributed by atoms with Crippen molar-refractivity contribution in [3.63, 3.8) is 0 Å². The van der Waals surface area contributed by atoms with Gasteiger partial charge in [0.15, 0.2) is 9.84 Å². The van der Waals surface area contributed by atoms with Gasteiger partial charge >= 0.3 is 0 Å².